The van der Waals surface area contributed by atoms with Crippen molar-refractivity contribution < 1.29 is 12.9 Å². The number of hydrogen-bond acceptors (Lipinski definition) is 6. The van der Waals surface area contributed by atoms with Gasteiger partial charge in [0.1, 0.15) is 0 Å². The second-order valence-electron chi connectivity index (χ2n) is 5.06. The van der Waals surface area contributed by atoms with Gasteiger partial charge in [-0.15, -0.1) is 0 Å². The van der Waals surface area contributed by atoms with Gasteiger partial charge >= 0.3 is 0 Å². The SMILES string of the molecule is Cc1onc(N)c1S(=O)(=O)N1CCC(c2ccccn2)C1. The van der Waals surface area contributed by atoms with Crippen LogP contribution >= 0.6 is 0 Å². The average molecular weight is 308 g/mol. The number of pyridine rings is 1. The van der Waals surface area contributed by atoms with Crippen molar-refractivity contribution in [2.75, 3.05) is 18.8 Å². The molecule has 0 spiro atoms. The highest BCUT2D eigenvalue weighted by atomic mass is 32.2. The number of rotatable bonds is 3. The third-order valence-corrected chi connectivity index (χ3v) is 5.71. The van der Waals surface area contributed by atoms with Crippen molar-refractivity contribution in [3.63, 3.8) is 0 Å². The summed E-state index contributed by atoms with van der Waals surface area (Å²) in [6.45, 7) is 2.37. The van der Waals surface area contributed by atoms with E-state index in [0.29, 0.717) is 13.1 Å². The van der Waals surface area contributed by atoms with Gasteiger partial charge in [0.05, 0.1) is 0 Å². The molecule has 1 saturated heterocycles. The molecule has 3 rings (SSSR count). The lowest BCUT2D eigenvalue weighted by Gasteiger charge is -2.16. The van der Waals surface area contributed by atoms with Crippen LogP contribution in [0.2, 0.25) is 0 Å². The summed E-state index contributed by atoms with van der Waals surface area (Å²) in [4.78, 5) is 4.27. The smallest absolute Gasteiger partial charge is 0.250 e. The molecule has 0 aliphatic carbocycles. The molecule has 1 aliphatic heterocycles. The van der Waals surface area contributed by atoms with Crippen molar-refractivity contribution in [1.82, 2.24) is 14.4 Å². The van der Waals surface area contributed by atoms with Crippen LogP contribution in [0, 0.1) is 6.92 Å². The lowest BCUT2D eigenvalue weighted by atomic mass is 10.0. The third-order valence-electron chi connectivity index (χ3n) is 3.69. The van der Waals surface area contributed by atoms with Gasteiger partial charge in [-0.25, -0.2) is 8.42 Å². The summed E-state index contributed by atoms with van der Waals surface area (Å²) in [5.74, 6) is 0.227. The normalized spacial score (nSPS) is 20.0. The van der Waals surface area contributed by atoms with Gasteiger partial charge in [-0.3, -0.25) is 4.98 Å². The molecule has 2 aromatic rings. The summed E-state index contributed by atoms with van der Waals surface area (Å²) in [5.41, 5.74) is 6.53. The molecule has 8 heteroatoms. The summed E-state index contributed by atoms with van der Waals surface area (Å²) in [6.07, 6.45) is 2.45. The fourth-order valence-electron chi connectivity index (χ4n) is 2.63. The Morgan fingerprint density at radius 1 is 1.43 bits per heavy atom. The zero-order chi connectivity index (χ0) is 15.0. The minimum absolute atomic E-state index is 0.0239. The predicted molar refractivity (Wildman–Crippen MR) is 76.0 cm³/mol. The van der Waals surface area contributed by atoms with Crippen LogP contribution in [0.1, 0.15) is 23.8 Å². The summed E-state index contributed by atoms with van der Waals surface area (Å²) in [6, 6.07) is 5.66. The monoisotopic (exact) mass is 308 g/mol. The first-order valence-electron chi connectivity index (χ1n) is 6.63. The molecule has 0 aromatic carbocycles. The average Bonchev–Trinajstić information content (AvgIpc) is 3.08. The molecule has 2 N–H and O–H groups in total. The first-order valence-corrected chi connectivity index (χ1v) is 8.07. The first kappa shape index (κ1) is 14.0. The van der Waals surface area contributed by atoms with Crippen LogP contribution in [-0.4, -0.2) is 36.0 Å². The number of aryl methyl sites for hydroxylation is 1. The summed E-state index contributed by atoms with van der Waals surface area (Å²) >= 11 is 0. The first-order chi connectivity index (χ1) is 10.00. The molecule has 2 aromatic heterocycles. The maximum atomic E-state index is 12.6. The molecular formula is C13H16N4O3S. The molecule has 0 saturated carbocycles. The second-order valence-corrected chi connectivity index (χ2v) is 6.93. The molecule has 1 atom stereocenters. The maximum absolute atomic E-state index is 12.6. The lowest BCUT2D eigenvalue weighted by Crippen LogP contribution is -2.29. The molecular weight excluding hydrogens is 292 g/mol. The van der Waals surface area contributed by atoms with Gasteiger partial charge in [0.15, 0.2) is 16.5 Å². The lowest BCUT2D eigenvalue weighted by molar-refractivity contribution is 0.395. The van der Waals surface area contributed by atoms with Crippen LogP contribution in [0.5, 0.6) is 0 Å². The molecule has 21 heavy (non-hydrogen) atoms. The van der Waals surface area contributed by atoms with Crippen LogP contribution < -0.4 is 5.73 Å². The minimum Gasteiger partial charge on any atom is -0.380 e. The number of nitrogens with two attached hydrogens (primary N) is 1. The van der Waals surface area contributed by atoms with Gasteiger partial charge in [-0.1, -0.05) is 11.2 Å². The summed E-state index contributed by atoms with van der Waals surface area (Å²) in [5, 5.41) is 3.52. The number of aromatic nitrogens is 2. The number of nitrogens with zero attached hydrogens (tertiary/aromatic N) is 3. The zero-order valence-electron chi connectivity index (χ0n) is 11.6. The topological polar surface area (TPSA) is 102 Å². The van der Waals surface area contributed by atoms with Crippen LogP contribution in [0.15, 0.2) is 33.8 Å². The number of anilines is 1. The fraction of sp³-hybridized carbons (Fsp3) is 0.385. The van der Waals surface area contributed by atoms with E-state index in [-0.39, 0.29) is 22.4 Å². The van der Waals surface area contributed by atoms with E-state index in [1.807, 2.05) is 18.2 Å². The Morgan fingerprint density at radius 3 is 2.86 bits per heavy atom. The van der Waals surface area contributed by atoms with Gasteiger partial charge in [0.2, 0.25) is 10.0 Å². The van der Waals surface area contributed by atoms with Crippen LogP contribution in [0.25, 0.3) is 0 Å². The van der Waals surface area contributed by atoms with Crippen LogP contribution in [-0.2, 0) is 10.0 Å². The fourth-order valence-corrected chi connectivity index (χ4v) is 4.31. The maximum Gasteiger partial charge on any atom is 0.250 e. The quantitative estimate of drug-likeness (QED) is 0.912. The molecule has 0 amide bonds. The Hall–Kier alpha value is -1.93. The van der Waals surface area contributed by atoms with Gasteiger partial charge in [-0.2, -0.15) is 4.31 Å². The van der Waals surface area contributed by atoms with E-state index in [2.05, 4.69) is 10.1 Å². The molecule has 112 valence electrons. The highest BCUT2D eigenvalue weighted by Crippen LogP contribution is 2.32. The highest BCUT2D eigenvalue weighted by molar-refractivity contribution is 7.89. The van der Waals surface area contributed by atoms with E-state index in [4.69, 9.17) is 10.3 Å². The predicted octanol–water partition coefficient (Wildman–Crippen LogP) is 1.14. The van der Waals surface area contributed by atoms with Crippen LogP contribution in [0.3, 0.4) is 0 Å². The van der Waals surface area contributed by atoms with Crippen molar-refractivity contribution >= 4 is 15.8 Å². The van der Waals surface area contributed by atoms with E-state index in [1.54, 1.807) is 13.1 Å². The van der Waals surface area contributed by atoms with E-state index in [0.717, 1.165) is 12.1 Å². The largest absolute Gasteiger partial charge is 0.380 e. The Labute approximate surface area is 122 Å². The minimum atomic E-state index is -3.67. The standard InChI is InChI=1S/C13H16N4O3S/c1-9-12(13(14)16-20-9)21(18,19)17-7-5-10(8-17)11-4-2-3-6-15-11/h2-4,6,10H,5,7-8H2,1H3,(H2,14,16). The van der Waals surface area contributed by atoms with Gasteiger partial charge in [-0.05, 0) is 25.5 Å². The Bertz CT molecular complexity index is 723. The Kier molecular flexibility index (Phi) is 3.42. The summed E-state index contributed by atoms with van der Waals surface area (Å²) in [7, 11) is -3.67. The third kappa shape index (κ3) is 2.40. The molecule has 1 unspecified atom stereocenters. The molecule has 1 fully saturated rings. The van der Waals surface area contributed by atoms with Crippen molar-refractivity contribution in [2.45, 2.75) is 24.2 Å². The van der Waals surface area contributed by atoms with Gasteiger partial charge < -0.3 is 10.3 Å². The van der Waals surface area contributed by atoms with Crippen molar-refractivity contribution in [3.05, 3.63) is 35.9 Å². The molecule has 0 bridgehead atoms. The molecule has 3 heterocycles. The van der Waals surface area contributed by atoms with E-state index in [1.165, 1.54) is 4.31 Å². The van der Waals surface area contributed by atoms with Gasteiger partial charge in [0.25, 0.3) is 0 Å². The van der Waals surface area contributed by atoms with Crippen LogP contribution in [0.4, 0.5) is 5.82 Å². The van der Waals surface area contributed by atoms with Gasteiger partial charge in [0, 0.05) is 30.9 Å². The molecule has 7 nitrogen and oxygen atoms in total. The number of nitrogen functional groups attached to an aromatic ring is 1. The van der Waals surface area contributed by atoms with Crippen molar-refractivity contribution in [1.29, 1.82) is 0 Å². The zero-order valence-corrected chi connectivity index (χ0v) is 12.4. The van der Waals surface area contributed by atoms with E-state index >= 15 is 0 Å². The number of sulfonamides is 1. The molecule has 1 aliphatic rings. The highest BCUT2D eigenvalue weighted by Gasteiger charge is 2.37. The Morgan fingerprint density at radius 2 is 2.24 bits per heavy atom. The van der Waals surface area contributed by atoms with E-state index < -0.39 is 10.0 Å². The Balaban J connectivity index is 1.86. The second kappa shape index (κ2) is 5.12. The van der Waals surface area contributed by atoms with E-state index in [9.17, 15) is 8.42 Å². The molecule has 0 radical (unpaired) electrons. The van der Waals surface area contributed by atoms with Crippen molar-refractivity contribution in [2.24, 2.45) is 0 Å². The summed E-state index contributed by atoms with van der Waals surface area (Å²) < 4.78 is 31.6. The van der Waals surface area contributed by atoms with Crippen molar-refractivity contribution in [3.8, 4) is 0 Å². The number of hydrogen-bond donors (Lipinski definition) is 1.